The number of ether oxygens (including phenoxy) is 1. The quantitative estimate of drug-likeness (QED) is 0.520. The van der Waals surface area contributed by atoms with E-state index in [0.29, 0.717) is 22.7 Å². The molecule has 0 saturated heterocycles. The number of allylic oxidation sites excluding steroid dienone is 1. The monoisotopic (exact) mass is 421 g/mol. The smallest absolute Gasteiger partial charge is 0.336 e. The van der Waals surface area contributed by atoms with Gasteiger partial charge < -0.3 is 15.0 Å². The van der Waals surface area contributed by atoms with Crippen molar-refractivity contribution in [3.05, 3.63) is 66.3 Å². The van der Waals surface area contributed by atoms with Gasteiger partial charge in [-0.3, -0.25) is 9.78 Å². The third-order valence-electron chi connectivity index (χ3n) is 3.97. The SMILES string of the molecule is CCOC(=O)C1=C(C)Nc2[nH]c(=S)[nH]c(=O)c2C1c1ccc(Br)cc1. The van der Waals surface area contributed by atoms with Crippen LogP contribution in [0.4, 0.5) is 5.82 Å². The minimum absolute atomic E-state index is 0.221. The molecule has 3 N–H and O–H groups in total. The van der Waals surface area contributed by atoms with E-state index in [2.05, 4.69) is 31.2 Å². The van der Waals surface area contributed by atoms with Gasteiger partial charge in [-0.05, 0) is 43.8 Å². The number of anilines is 1. The Bertz CT molecular complexity index is 976. The van der Waals surface area contributed by atoms with Crippen molar-refractivity contribution in [1.29, 1.82) is 0 Å². The summed E-state index contributed by atoms with van der Waals surface area (Å²) in [6, 6.07) is 7.48. The number of esters is 1. The van der Waals surface area contributed by atoms with Crippen LogP contribution in [0, 0.1) is 4.77 Å². The number of H-pyrrole nitrogens is 2. The predicted molar refractivity (Wildman–Crippen MR) is 101 cm³/mol. The Labute approximate surface area is 157 Å². The second-order valence-electron chi connectivity index (χ2n) is 5.57. The summed E-state index contributed by atoms with van der Waals surface area (Å²) in [6.07, 6.45) is 0. The molecule has 1 aliphatic heterocycles. The van der Waals surface area contributed by atoms with Gasteiger partial charge in [-0.15, -0.1) is 0 Å². The molecule has 0 aliphatic carbocycles. The van der Waals surface area contributed by atoms with Crippen molar-refractivity contribution in [2.75, 3.05) is 11.9 Å². The van der Waals surface area contributed by atoms with Crippen LogP contribution in [0.15, 0.2) is 44.8 Å². The Morgan fingerprint density at radius 3 is 2.60 bits per heavy atom. The fraction of sp³-hybridized carbons (Fsp3) is 0.235. The molecule has 0 amide bonds. The number of aromatic nitrogens is 2. The maximum absolute atomic E-state index is 12.6. The molecule has 1 aliphatic rings. The number of halogens is 1. The number of benzene rings is 1. The van der Waals surface area contributed by atoms with E-state index in [-0.39, 0.29) is 16.9 Å². The van der Waals surface area contributed by atoms with E-state index < -0.39 is 11.9 Å². The zero-order valence-corrected chi connectivity index (χ0v) is 16.0. The molecule has 1 atom stereocenters. The first-order valence-corrected chi connectivity index (χ1v) is 8.89. The minimum atomic E-state index is -0.556. The summed E-state index contributed by atoms with van der Waals surface area (Å²) in [7, 11) is 0. The summed E-state index contributed by atoms with van der Waals surface area (Å²) in [6.45, 7) is 3.78. The van der Waals surface area contributed by atoms with Crippen molar-refractivity contribution in [2.45, 2.75) is 19.8 Å². The van der Waals surface area contributed by atoms with E-state index in [1.807, 2.05) is 24.3 Å². The van der Waals surface area contributed by atoms with Gasteiger partial charge in [0.05, 0.1) is 23.7 Å². The van der Waals surface area contributed by atoms with Crippen molar-refractivity contribution in [3.63, 3.8) is 0 Å². The predicted octanol–water partition coefficient (Wildman–Crippen LogP) is 3.59. The van der Waals surface area contributed by atoms with E-state index in [1.165, 1.54) is 0 Å². The van der Waals surface area contributed by atoms with Crippen LogP contribution < -0.4 is 10.9 Å². The molecule has 1 aromatic heterocycles. The molecule has 1 aromatic carbocycles. The normalized spacial score (nSPS) is 16.2. The first-order valence-electron chi connectivity index (χ1n) is 7.69. The number of hydrogen-bond donors (Lipinski definition) is 3. The molecule has 3 rings (SSSR count). The summed E-state index contributed by atoms with van der Waals surface area (Å²) in [5.41, 5.74) is 1.91. The van der Waals surface area contributed by atoms with Gasteiger partial charge in [0, 0.05) is 10.2 Å². The van der Waals surface area contributed by atoms with Crippen LogP contribution in [-0.4, -0.2) is 22.5 Å². The van der Waals surface area contributed by atoms with Crippen molar-refractivity contribution >= 4 is 39.9 Å². The molecule has 8 heteroatoms. The summed E-state index contributed by atoms with van der Waals surface area (Å²) in [5, 5.41) is 3.07. The van der Waals surface area contributed by atoms with Crippen LogP contribution >= 0.6 is 28.1 Å². The van der Waals surface area contributed by atoms with Crippen LogP contribution in [0.3, 0.4) is 0 Å². The van der Waals surface area contributed by atoms with Crippen LogP contribution in [0.25, 0.3) is 0 Å². The number of fused-ring (bicyclic) bond motifs is 1. The van der Waals surface area contributed by atoms with E-state index in [1.54, 1.807) is 13.8 Å². The maximum atomic E-state index is 12.6. The molecule has 6 nitrogen and oxygen atoms in total. The lowest BCUT2D eigenvalue weighted by molar-refractivity contribution is -0.138. The van der Waals surface area contributed by atoms with Gasteiger partial charge >= 0.3 is 5.97 Å². The van der Waals surface area contributed by atoms with Gasteiger partial charge in [0.25, 0.3) is 5.56 Å². The first kappa shape index (κ1) is 17.6. The number of rotatable bonds is 3. The highest BCUT2D eigenvalue weighted by Gasteiger charge is 2.35. The zero-order chi connectivity index (χ0) is 18.1. The molecule has 1 unspecified atom stereocenters. The van der Waals surface area contributed by atoms with Gasteiger partial charge in [0.2, 0.25) is 0 Å². The molecule has 25 heavy (non-hydrogen) atoms. The minimum Gasteiger partial charge on any atom is -0.463 e. The van der Waals surface area contributed by atoms with Crippen LogP contribution in [0.5, 0.6) is 0 Å². The molecule has 0 spiro atoms. The second-order valence-corrected chi connectivity index (χ2v) is 6.89. The highest BCUT2D eigenvalue weighted by Crippen LogP contribution is 2.39. The lowest BCUT2D eigenvalue weighted by Gasteiger charge is -2.28. The van der Waals surface area contributed by atoms with Crippen molar-refractivity contribution < 1.29 is 9.53 Å². The Kier molecular flexibility index (Phi) is 4.91. The number of nitrogens with one attached hydrogen (secondary N) is 3. The van der Waals surface area contributed by atoms with Gasteiger partial charge in [0.15, 0.2) is 4.77 Å². The summed E-state index contributed by atoms with van der Waals surface area (Å²) in [5.74, 6) is -0.515. The molecule has 130 valence electrons. The largest absolute Gasteiger partial charge is 0.463 e. The van der Waals surface area contributed by atoms with Gasteiger partial charge in [-0.1, -0.05) is 28.1 Å². The summed E-state index contributed by atoms with van der Waals surface area (Å²) < 4.78 is 6.34. The Balaban J connectivity index is 2.27. The van der Waals surface area contributed by atoms with E-state index in [0.717, 1.165) is 10.0 Å². The molecule has 2 heterocycles. The third-order valence-corrected chi connectivity index (χ3v) is 4.70. The second kappa shape index (κ2) is 6.97. The average Bonchev–Trinajstić information content (AvgIpc) is 2.54. The topological polar surface area (TPSA) is 87.0 Å². The molecule has 0 saturated carbocycles. The molecular weight excluding hydrogens is 406 g/mol. The Hall–Kier alpha value is -2.19. The standard InChI is InChI=1S/C17H16BrN3O3S/c1-3-24-16(23)11-8(2)19-14-13(15(22)21-17(25)20-14)12(11)9-4-6-10(18)7-5-9/h4-7,12H,3H2,1-2H3,(H3,19,20,21,22,25). The van der Waals surface area contributed by atoms with Crippen molar-refractivity contribution in [1.82, 2.24) is 9.97 Å². The van der Waals surface area contributed by atoms with Crippen LogP contribution in [0.2, 0.25) is 0 Å². The average molecular weight is 422 g/mol. The highest BCUT2D eigenvalue weighted by molar-refractivity contribution is 9.10. The molecule has 0 radical (unpaired) electrons. The third kappa shape index (κ3) is 3.32. The molecular formula is C17H16BrN3O3S. The van der Waals surface area contributed by atoms with E-state index in [4.69, 9.17) is 17.0 Å². The first-order chi connectivity index (χ1) is 11.9. The lowest BCUT2D eigenvalue weighted by Crippen LogP contribution is -2.31. The van der Waals surface area contributed by atoms with Gasteiger partial charge in [-0.25, -0.2) is 4.79 Å². The van der Waals surface area contributed by atoms with Crippen molar-refractivity contribution in [2.24, 2.45) is 0 Å². The Morgan fingerprint density at radius 1 is 1.28 bits per heavy atom. The number of aromatic amines is 2. The van der Waals surface area contributed by atoms with Gasteiger partial charge in [-0.2, -0.15) is 0 Å². The fourth-order valence-electron chi connectivity index (χ4n) is 2.95. The van der Waals surface area contributed by atoms with Gasteiger partial charge in [0.1, 0.15) is 5.82 Å². The summed E-state index contributed by atoms with van der Waals surface area (Å²) >= 11 is 8.46. The van der Waals surface area contributed by atoms with E-state index >= 15 is 0 Å². The highest BCUT2D eigenvalue weighted by atomic mass is 79.9. The maximum Gasteiger partial charge on any atom is 0.336 e. The van der Waals surface area contributed by atoms with Crippen LogP contribution in [0.1, 0.15) is 30.9 Å². The number of hydrogen-bond acceptors (Lipinski definition) is 5. The Morgan fingerprint density at radius 2 is 1.96 bits per heavy atom. The molecule has 2 aromatic rings. The molecule has 0 bridgehead atoms. The molecule has 0 fully saturated rings. The summed E-state index contributed by atoms with van der Waals surface area (Å²) in [4.78, 5) is 30.7. The zero-order valence-electron chi connectivity index (χ0n) is 13.6. The number of carbonyl (C=O) groups is 1. The number of carbonyl (C=O) groups excluding carboxylic acids is 1. The van der Waals surface area contributed by atoms with E-state index in [9.17, 15) is 9.59 Å². The fourth-order valence-corrected chi connectivity index (χ4v) is 3.41. The lowest BCUT2D eigenvalue weighted by atomic mass is 9.82. The van der Waals surface area contributed by atoms with Crippen LogP contribution in [-0.2, 0) is 9.53 Å². The van der Waals surface area contributed by atoms with Crippen molar-refractivity contribution in [3.8, 4) is 0 Å².